The van der Waals surface area contributed by atoms with Gasteiger partial charge in [0.2, 0.25) is 5.91 Å². The van der Waals surface area contributed by atoms with E-state index in [1.807, 2.05) is 32.0 Å². The molecule has 0 aliphatic carbocycles. The molecule has 3 aromatic rings. The van der Waals surface area contributed by atoms with Crippen LogP contribution in [0.4, 0.5) is 11.4 Å². The Hall–Kier alpha value is -3.45. The molecule has 0 saturated heterocycles. The molecule has 0 heterocycles. The van der Waals surface area contributed by atoms with Crippen molar-refractivity contribution in [3.63, 3.8) is 0 Å². The molecular formula is C25H24BrN3O3. The molecule has 164 valence electrons. The van der Waals surface area contributed by atoms with E-state index in [9.17, 15) is 14.4 Å². The zero-order valence-corrected chi connectivity index (χ0v) is 19.3. The van der Waals surface area contributed by atoms with Gasteiger partial charge in [-0.05, 0) is 54.4 Å². The van der Waals surface area contributed by atoms with Gasteiger partial charge in [0, 0.05) is 15.7 Å². The summed E-state index contributed by atoms with van der Waals surface area (Å²) in [6, 6.07) is 21.9. The van der Waals surface area contributed by atoms with Gasteiger partial charge in [0.25, 0.3) is 11.8 Å². The standard InChI is InChI=1S/C25H24BrN3O3/c1-16(2)22(25(32)27-19-14-12-18(26)13-15-19)29-24(31)20-10-6-7-11-21(20)28-23(30)17-8-4-3-5-9-17/h3-16,22H,1-2H3,(H,27,32)(H,28,30)(H,29,31)/t22-/m1/s1. The van der Waals surface area contributed by atoms with Crippen molar-refractivity contribution < 1.29 is 14.4 Å². The van der Waals surface area contributed by atoms with Crippen molar-refractivity contribution in [3.8, 4) is 0 Å². The monoisotopic (exact) mass is 493 g/mol. The first-order valence-electron chi connectivity index (χ1n) is 10.2. The van der Waals surface area contributed by atoms with Gasteiger partial charge in [0.1, 0.15) is 6.04 Å². The molecule has 0 bridgehead atoms. The number of halogens is 1. The summed E-state index contributed by atoms with van der Waals surface area (Å²) in [6.45, 7) is 3.71. The Morgan fingerprint density at radius 2 is 1.38 bits per heavy atom. The summed E-state index contributed by atoms with van der Waals surface area (Å²) in [5.74, 6) is -1.24. The summed E-state index contributed by atoms with van der Waals surface area (Å²) in [4.78, 5) is 38.4. The number of carbonyl (C=O) groups excluding carboxylic acids is 3. The number of rotatable bonds is 7. The fraction of sp³-hybridized carbons (Fsp3) is 0.160. The number of hydrogen-bond acceptors (Lipinski definition) is 3. The highest BCUT2D eigenvalue weighted by Crippen LogP contribution is 2.18. The summed E-state index contributed by atoms with van der Waals surface area (Å²) in [7, 11) is 0. The lowest BCUT2D eigenvalue weighted by molar-refractivity contribution is -0.118. The maximum atomic E-state index is 13.1. The Labute approximate surface area is 195 Å². The average molecular weight is 494 g/mol. The lowest BCUT2D eigenvalue weighted by Crippen LogP contribution is -2.47. The molecular weight excluding hydrogens is 470 g/mol. The van der Waals surface area contributed by atoms with Gasteiger partial charge in [-0.15, -0.1) is 0 Å². The fourth-order valence-electron chi connectivity index (χ4n) is 3.08. The summed E-state index contributed by atoms with van der Waals surface area (Å²) in [5, 5.41) is 8.42. The number of carbonyl (C=O) groups is 3. The second kappa shape index (κ2) is 10.7. The first-order valence-corrected chi connectivity index (χ1v) is 11.0. The number of para-hydroxylation sites is 1. The zero-order chi connectivity index (χ0) is 23.1. The van der Waals surface area contributed by atoms with Crippen molar-refractivity contribution in [2.45, 2.75) is 19.9 Å². The second-order valence-electron chi connectivity index (χ2n) is 7.56. The largest absolute Gasteiger partial charge is 0.340 e. The third-order valence-electron chi connectivity index (χ3n) is 4.80. The van der Waals surface area contributed by atoms with E-state index in [2.05, 4.69) is 31.9 Å². The maximum Gasteiger partial charge on any atom is 0.255 e. The predicted molar refractivity (Wildman–Crippen MR) is 130 cm³/mol. The van der Waals surface area contributed by atoms with E-state index in [-0.39, 0.29) is 23.3 Å². The minimum atomic E-state index is -0.760. The SMILES string of the molecule is CC(C)[C@@H](NC(=O)c1ccccc1NC(=O)c1ccccc1)C(=O)Nc1ccc(Br)cc1. The van der Waals surface area contributed by atoms with Gasteiger partial charge in [-0.2, -0.15) is 0 Å². The maximum absolute atomic E-state index is 13.1. The topological polar surface area (TPSA) is 87.3 Å². The minimum Gasteiger partial charge on any atom is -0.340 e. The van der Waals surface area contributed by atoms with Crippen LogP contribution in [0.3, 0.4) is 0 Å². The molecule has 6 nitrogen and oxygen atoms in total. The van der Waals surface area contributed by atoms with Crippen LogP contribution < -0.4 is 16.0 Å². The molecule has 32 heavy (non-hydrogen) atoms. The quantitative estimate of drug-likeness (QED) is 0.428. The molecule has 0 fully saturated rings. The Balaban J connectivity index is 1.75. The van der Waals surface area contributed by atoms with Gasteiger partial charge in [-0.3, -0.25) is 14.4 Å². The highest BCUT2D eigenvalue weighted by atomic mass is 79.9. The molecule has 1 atom stereocenters. The van der Waals surface area contributed by atoms with Gasteiger partial charge < -0.3 is 16.0 Å². The number of hydrogen-bond donors (Lipinski definition) is 3. The highest BCUT2D eigenvalue weighted by Gasteiger charge is 2.26. The lowest BCUT2D eigenvalue weighted by atomic mass is 10.0. The van der Waals surface area contributed by atoms with Crippen LogP contribution in [0.15, 0.2) is 83.3 Å². The van der Waals surface area contributed by atoms with Crippen LogP contribution in [0.2, 0.25) is 0 Å². The van der Waals surface area contributed by atoms with Crippen LogP contribution in [0.25, 0.3) is 0 Å². The first kappa shape index (κ1) is 23.2. The van der Waals surface area contributed by atoms with Gasteiger partial charge >= 0.3 is 0 Å². The molecule has 0 unspecified atom stereocenters. The summed E-state index contributed by atoms with van der Waals surface area (Å²) in [5.41, 5.74) is 1.76. The van der Waals surface area contributed by atoms with Crippen molar-refractivity contribution in [2.24, 2.45) is 5.92 Å². The van der Waals surface area contributed by atoms with E-state index in [0.29, 0.717) is 16.9 Å². The molecule has 0 spiro atoms. The molecule has 3 rings (SSSR count). The average Bonchev–Trinajstić information content (AvgIpc) is 2.79. The third-order valence-corrected chi connectivity index (χ3v) is 5.33. The van der Waals surface area contributed by atoms with Crippen molar-refractivity contribution in [1.29, 1.82) is 0 Å². The van der Waals surface area contributed by atoms with E-state index in [4.69, 9.17) is 0 Å². The van der Waals surface area contributed by atoms with E-state index < -0.39 is 11.9 Å². The summed E-state index contributed by atoms with van der Waals surface area (Å²) >= 11 is 3.36. The molecule has 0 saturated carbocycles. The van der Waals surface area contributed by atoms with Gasteiger partial charge in [0.15, 0.2) is 0 Å². The molecule has 3 amide bonds. The van der Waals surface area contributed by atoms with Crippen LogP contribution in [0.1, 0.15) is 34.6 Å². The van der Waals surface area contributed by atoms with Crippen molar-refractivity contribution in [1.82, 2.24) is 5.32 Å². The van der Waals surface area contributed by atoms with Crippen molar-refractivity contribution >= 4 is 45.0 Å². The Morgan fingerprint density at radius 1 is 0.750 bits per heavy atom. The number of nitrogens with one attached hydrogen (secondary N) is 3. The summed E-state index contributed by atoms with van der Waals surface area (Å²) in [6.07, 6.45) is 0. The van der Waals surface area contributed by atoms with Crippen LogP contribution in [0, 0.1) is 5.92 Å². The Kier molecular flexibility index (Phi) is 7.78. The normalized spacial score (nSPS) is 11.5. The van der Waals surface area contributed by atoms with Crippen LogP contribution in [-0.2, 0) is 4.79 Å². The Morgan fingerprint density at radius 3 is 2.03 bits per heavy atom. The first-order chi connectivity index (χ1) is 15.3. The smallest absolute Gasteiger partial charge is 0.255 e. The van der Waals surface area contributed by atoms with E-state index in [0.717, 1.165) is 4.47 Å². The Bertz CT molecular complexity index is 1100. The number of amides is 3. The van der Waals surface area contributed by atoms with Crippen LogP contribution >= 0.6 is 15.9 Å². The van der Waals surface area contributed by atoms with Gasteiger partial charge in [0.05, 0.1) is 11.3 Å². The molecule has 0 aromatic heterocycles. The molecule has 0 aliphatic heterocycles. The minimum absolute atomic E-state index is 0.152. The van der Waals surface area contributed by atoms with E-state index in [1.54, 1.807) is 60.7 Å². The van der Waals surface area contributed by atoms with Crippen LogP contribution in [-0.4, -0.2) is 23.8 Å². The molecule has 0 aliphatic rings. The molecule has 0 radical (unpaired) electrons. The second-order valence-corrected chi connectivity index (χ2v) is 8.47. The molecule has 3 aromatic carbocycles. The predicted octanol–water partition coefficient (Wildman–Crippen LogP) is 5.09. The summed E-state index contributed by atoms with van der Waals surface area (Å²) < 4.78 is 0.901. The fourth-order valence-corrected chi connectivity index (χ4v) is 3.35. The van der Waals surface area contributed by atoms with E-state index >= 15 is 0 Å². The highest BCUT2D eigenvalue weighted by molar-refractivity contribution is 9.10. The van der Waals surface area contributed by atoms with Gasteiger partial charge in [-0.1, -0.05) is 60.1 Å². The lowest BCUT2D eigenvalue weighted by Gasteiger charge is -2.22. The third kappa shape index (κ3) is 6.04. The van der Waals surface area contributed by atoms with Crippen molar-refractivity contribution in [2.75, 3.05) is 10.6 Å². The van der Waals surface area contributed by atoms with Gasteiger partial charge in [-0.25, -0.2) is 0 Å². The number of anilines is 2. The number of benzene rings is 3. The zero-order valence-electron chi connectivity index (χ0n) is 17.8. The van der Waals surface area contributed by atoms with Crippen molar-refractivity contribution in [3.05, 3.63) is 94.5 Å². The van der Waals surface area contributed by atoms with Crippen LogP contribution in [0.5, 0.6) is 0 Å². The van der Waals surface area contributed by atoms with E-state index in [1.165, 1.54) is 0 Å². The molecule has 7 heteroatoms. The molecule has 3 N–H and O–H groups in total.